The molecule has 1 N–H and O–H groups in total. The third kappa shape index (κ3) is 1.39. The highest BCUT2D eigenvalue weighted by Gasteiger charge is 2.11. The number of furan rings is 1. The van der Waals surface area contributed by atoms with E-state index in [1.54, 1.807) is 6.07 Å². The molecule has 0 atom stereocenters. The molecule has 0 spiro atoms. The van der Waals surface area contributed by atoms with Gasteiger partial charge >= 0.3 is 5.97 Å². The molecule has 2 aromatic rings. The lowest BCUT2D eigenvalue weighted by Gasteiger charge is -1.95. The highest BCUT2D eigenvalue weighted by Crippen LogP contribution is 2.16. The van der Waals surface area contributed by atoms with Gasteiger partial charge in [-0.1, -0.05) is 0 Å². The molecular weight excluding hydrogens is 186 g/mol. The normalized spacial score (nSPS) is 10.3. The van der Waals surface area contributed by atoms with Crippen LogP contribution in [0.1, 0.15) is 10.5 Å². The van der Waals surface area contributed by atoms with Crippen LogP contribution in [0.2, 0.25) is 0 Å². The van der Waals surface area contributed by atoms with Gasteiger partial charge in [0.25, 0.3) is 0 Å². The number of carbonyl (C=O) groups is 2. The number of nitrogens with one attached hydrogen (secondary N) is 1. The third-order valence-electron chi connectivity index (χ3n) is 1.74. The van der Waals surface area contributed by atoms with E-state index in [-0.39, 0.29) is 12.3 Å². The Balaban J connectivity index is 2.21. The maximum absolute atomic E-state index is 11.2. The minimum Gasteiger partial charge on any atom is -0.463 e. The second-order valence-corrected chi connectivity index (χ2v) is 2.65. The quantitative estimate of drug-likeness (QED) is 0.585. The predicted octanol–water partition coefficient (Wildman–Crippen LogP) is 1.12. The SMILES string of the molecule is O=CCOC(=O)c1cc2occc2[nH]1. The number of ether oxygens (including phenoxy) is 1. The summed E-state index contributed by atoms with van der Waals surface area (Å²) in [6, 6.07) is 3.23. The van der Waals surface area contributed by atoms with E-state index in [1.807, 2.05) is 0 Å². The van der Waals surface area contributed by atoms with Gasteiger partial charge in [0.15, 0.2) is 11.9 Å². The summed E-state index contributed by atoms with van der Waals surface area (Å²) >= 11 is 0. The Morgan fingerprint density at radius 1 is 1.64 bits per heavy atom. The van der Waals surface area contributed by atoms with Crippen molar-refractivity contribution in [1.82, 2.24) is 4.98 Å². The second-order valence-electron chi connectivity index (χ2n) is 2.65. The Kier molecular flexibility index (Phi) is 2.06. The molecule has 2 rings (SSSR count). The van der Waals surface area contributed by atoms with Crippen molar-refractivity contribution < 1.29 is 18.7 Å². The van der Waals surface area contributed by atoms with Gasteiger partial charge in [-0.15, -0.1) is 0 Å². The zero-order valence-corrected chi connectivity index (χ0v) is 7.15. The molecule has 0 unspecified atom stereocenters. The van der Waals surface area contributed by atoms with Gasteiger partial charge < -0.3 is 14.1 Å². The smallest absolute Gasteiger partial charge is 0.355 e. The van der Waals surface area contributed by atoms with Crippen LogP contribution in [0, 0.1) is 0 Å². The number of aldehydes is 1. The average molecular weight is 193 g/mol. The fourth-order valence-corrected chi connectivity index (χ4v) is 1.15. The van der Waals surface area contributed by atoms with Gasteiger partial charge in [-0.25, -0.2) is 4.79 Å². The van der Waals surface area contributed by atoms with Gasteiger partial charge in [0.05, 0.1) is 11.8 Å². The summed E-state index contributed by atoms with van der Waals surface area (Å²) in [6.45, 7) is -0.237. The fraction of sp³-hybridized carbons (Fsp3) is 0.111. The predicted molar refractivity (Wildman–Crippen MR) is 46.9 cm³/mol. The zero-order chi connectivity index (χ0) is 9.97. The number of aromatic amines is 1. The van der Waals surface area contributed by atoms with E-state index in [0.717, 1.165) is 5.52 Å². The van der Waals surface area contributed by atoms with Gasteiger partial charge in [-0.2, -0.15) is 0 Å². The Morgan fingerprint density at radius 3 is 3.21 bits per heavy atom. The molecule has 0 radical (unpaired) electrons. The first-order chi connectivity index (χ1) is 6.81. The summed E-state index contributed by atoms with van der Waals surface area (Å²) in [5.41, 5.74) is 1.59. The largest absolute Gasteiger partial charge is 0.463 e. The summed E-state index contributed by atoms with van der Waals surface area (Å²) in [5.74, 6) is -0.566. The second kappa shape index (κ2) is 3.37. The van der Waals surface area contributed by atoms with Crippen LogP contribution in [0.5, 0.6) is 0 Å². The van der Waals surface area contributed by atoms with Crippen molar-refractivity contribution in [2.75, 3.05) is 6.61 Å². The van der Waals surface area contributed by atoms with E-state index in [9.17, 15) is 9.59 Å². The minimum absolute atomic E-state index is 0.237. The molecule has 0 bridgehead atoms. The standard InChI is InChI=1S/C9H7NO4/c11-2-4-14-9(12)7-5-8-6(10-7)1-3-13-8/h1-3,5,10H,4H2. The molecule has 2 heterocycles. The highest BCUT2D eigenvalue weighted by atomic mass is 16.5. The fourth-order valence-electron chi connectivity index (χ4n) is 1.15. The highest BCUT2D eigenvalue weighted by molar-refractivity contribution is 5.93. The number of rotatable bonds is 3. The lowest BCUT2D eigenvalue weighted by Crippen LogP contribution is -2.07. The van der Waals surface area contributed by atoms with Gasteiger partial charge in [0.2, 0.25) is 0 Å². The van der Waals surface area contributed by atoms with Gasteiger partial charge in [-0.3, -0.25) is 4.79 Å². The van der Waals surface area contributed by atoms with Crippen LogP contribution < -0.4 is 0 Å². The number of esters is 1. The third-order valence-corrected chi connectivity index (χ3v) is 1.74. The number of H-pyrrole nitrogens is 1. The summed E-state index contributed by atoms with van der Waals surface area (Å²) in [7, 11) is 0. The van der Waals surface area contributed by atoms with Crippen LogP contribution in [0.15, 0.2) is 22.8 Å². The van der Waals surface area contributed by atoms with Crippen LogP contribution in [-0.2, 0) is 9.53 Å². The molecule has 0 fully saturated rings. The van der Waals surface area contributed by atoms with Crippen molar-refractivity contribution >= 4 is 23.4 Å². The molecule has 0 aromatic carbocycles. The Labute approximate surface area is 78.6 Å². The lowest BCUT2D eigenvalue weighted by atomic mass is 10.4. The van der Waals surface area contributed by atoms with Crippen molar-refractivity contribution in [3.8, 4) is 0 Å². The number of fused-ring (bicyclic) bond motifs is 1. The van der Waals surface area contributed by atoms with E-state index >= 15 is 0 Å². The van der Waals surface area contributed by atoms with Gasteiger partial charge in [0.1, 0.15) is 12.3 Å². The summed E-state index contributed by atoms with van der Waals surface area (Å²) in [6.07, 6.45) is 2.03. The molecule has 14 heavy (non-hydrogen) atoms. The number of hydrogen-bond acceptors (Lipinski definition) is 4. The summed E-state index contributed by atoms with van der Waals surface area (Å²) < 4.78 is 9.64. The molecule has 0 aliphatic carbocycles. The molecule has 5 nitrogen and oxygen atoms in total. The van der Waals surface area contributed by atoms with Crippen molar-refractivity contribution in [3.63, 3.8) is 0 Å². The lowest BCUT2D eigenvalue weighted by molar-refractivity contribution is -0.110. The van der Waals surface area contributed by atoms with Crippen molar-refractivity contribution in [2.24, 2.45) is 0 Å². The maximum atomic E-state index is 11.2. The van der Waals surface area contributed by atoms with Crippen LogP contribution in [0.25, 0.3) is 11.1 Å². The van der Waals surface area contributed by atoms with Crippen molar-refractivity contribution in [2.45, 2.75) is 0 Å². The minimum atomic E-state index is -0.566. The summed E-state index contributed by atoms with van der Waals surface area (Å²) in [5, 5.41) is 0. The van der Waals surface area contributed by atoms with E-state index < -0.39 is 5.97 Å². The molecule has 2 aromatic heterocycles. The van der Waals surface area contributed by atoms with Crippen LogP contribution in [-0.4, -0.2) is 23.8 Å². The molecule has 5 heteroatoms. The average Bonchev–Trinajstić information content (AvgIpc) is 2.72. The van der Waals surface area contributed by atoms with Crippen LogP contribution in [0.4, 0.5) is 0 Å². The van der Waals surface area contributed by atoms with Crippen molar-refractivity contribution in [3.05, 3.63) is 24.1 Å². The topological polar surface area (TPSA) is 72.3 Å². The van der Waals surface area contributed by atoms with Gasteiger partial charge in [-0.05, 0) is 0 Å². The molecule has 72 valence electrons. The van der Waals surface area contributed by atoms with Crippen LogP contribution >= 0.6 is 0 Å². The van der Waals surface area contributed by atoms with E-state index in [1.165, 1.54) is 12.3 Å². The first-order valence-corrected chi connectivity index (χ1v) is 3.98. The Morgan fingerprint density at radius 2 is 2.50 bits per heavy atom. The molecule has 0 aliphatic heterocycles. The molecule has 0 amide bonds. The Hall–Kier alpha value is -2.04. The maximum Gasteiger partial charge on any atom is 0.355 e. The van der Waals surface area contributed by atoms with Crippen LogP contribution in [0.3, 0.4) is 0 Å². The number of hydrogen-bond donors (Lipinski definition) is 1. The Bertz CT molecular complexity index is 439. The van der Waals surface area contributed by atoms with E-state index in [4.69, 9.17) is 4.42 Å². The molecular formula is C9H7NO4. The first-order valence-electron chi connectivity index (χ1n) is 3.98. The van der Waals surface area contributed by atoms with Gasteiger partial charge in [0, 0.05) is 12.1 Å². The first kappa shape index (κ1) is 8.55. The monoisotopic (exact) mass is 193 g/mol. The zero-order valence-electron chi connectivity index (χ0n) is 7.15. The van der Waals surface area contributed by atoms with E-state index in [2.05, 4.69) is 9.72 Å². The number of carbonyl (C=O) groups excluding carboxylic acids is 2. The molecule has 0 saturated heterocycles. The van der Waals surface area contributed by atoms with E-state index in [0.29, 0.717) is 11.9 Å². The van der Waals surface area contributed by atoms with Crippen molar-refractivity contribution in [1.29, 1.82) is 0 Å². The molecule has 0 saturated carbocycles. The summed E-state index contributed by atoms with van der Waals surface area (Å²) in [4.78, 5) is 24.0. The number of aromatic nitrogens is 1. The molecule has 0 aliphatic rings.